The summed E-state index contributed by atoms with van der Waals surface area (Å²) in [5.74, 6) is -0.276. The number of methoxy groups -OCH3 is 1. The van der Waals surface area contributed by atoms with Crippen molar-refractivity contribution in [2.45, 2.75) is 50.7 Å². The quantitative estimate of drug-likeness (QED) is 0.347. The van der Waals surface area contributed by atoms with E-state index < -0.39 is 34.1 Å². The molecule has 0 spiro atoms. The molecular formula is C29H34BrN3O5S. The number of hydrogen-bond donors (Lipinski definition) is 1. The Morgan fingerprint density at radius 1 is 0.974 bits per heavy atom. The van der Waals surface area contributed by atoms with E-state index in [0.29, 0.717) is 15.9 Å². The van der Waals surface area contributed by atoms with Gasteiger partial charge in [0.15, 0.2) is 0 Å². The third-order valence-corrected chi connectivity index (χ3v) is 8.14. The lowest BCUT2D eigenvalue weighted by Crippen LogP contribution is -2.54. The van der Waals surface area contributed by atoms with Gasteiger partial charge in [-0.3, -0.25) is 13.9 Å². The Kier molecular flexibility index (Phi) is 9.79. The van der Waals surface area contributed by atoms with Crippen molar-refractivity contribution in [3.63, 3.8) is 0 Å². The second kappa shape index (κ2) is 12.7. The molecule has 208 valence electrons. The minimum Gasteiger partial charge on any atom is -0.497 e. The summed E-state index contributed by atoms with van der Waals surface area (Å²) in [4.78, 5) is 28.6. The van der Waals surface area contributed by atoms with Gasteiger partial charge in [0.05, 0.1) is 17.7 Å². The van der Waals surface area contributed by atoms with Crippen LogP contribution in [0.25, 0.3) is 0 Å². The zero-order valence-electron chi connectivity index (χ0n) is 22.7. The topological polar surface area (TPSA) is 96.0 Å². The van der Waals surface area contributed by atoms with E-state index in [1.807, 2.05) is 26.8 Å². The molecular weight excluding hydrogens is 582 g/mol. The van der Waals surface area contributed by atoms with Crippen molar-refractivity contribution >= 4 is 43.5 Å². The van der Waals surface area contributed by atoms with Crippen molar-refractivity contribution in [2.24, 2.45) is 0 Å². The number of halogens is 1. The summed E-state index contributed by atoms with van der Waals surface area (Å²) in [5.41, 5.74) is 0.530. The second-order valence-corrected chi connectivity index (χ2v) is 12.9. The first-order valence-corrected chi connectivity index (χ1v) is 14.6. The highest BCUT2D eigenvalue weighted by atomic mass is 79.9. The van der Waals surface area contributed by atoms with Crippen LogP contribution in [0.5, 0.6) is 5.75 Å². The monoisotopic (exact) mass is 615 g/mol. The SMILES string of the molecule is COc1cccc(CN(C(=O)CN(c2cccc(Br)c2)S(=O)(=O)c2ccccc2)[C@H](C)C(=O)NC(C)(C)C)c1. The summed E-state index contributed by atoms with van der Waals surface area (Å²) in [5, 5.41) is 2.92. The van der Waals surface area contributed by atoms with Crippen LogP contribution in [0.3, 0.4) is 0 Å². The Labute approximate surface area is 239 Å². The first kappa shape index (κ1) is 30.2. The van der Waals surface area contributed by atoms with Gasteiger partial charge in [-0.05, 0) is 75.7 Å². The summed E-state index contributed by atoms with van der Waals surface area (Å²) >= 11 is 3.39. The van der Waals surface area contributed by atoms with E-state index in [-0.39, 0.29) is 17.3 Å². The zero-order chi connectivity index (χ0) is 28.8. The lowest BCUT2D eigenvalue weighted by molar-refractivity contribution is -0.140. The molecule has 10 heteroatoms. The molecule has 0 saturated carbocycles. The van der Waals surface area contributed by atoms with Gasteiger partial charge in [0.2, 0.25) is 11.8 Å². The van der Waals surface area contributed by atoms with Gasteiger partial charge in [0.1, 0.15) is 18.3 Å². The van der Waals surface area contributed by atoms with Crippen molar-refractivity contribution in [3.8, 4) is 5.75 Å². The number of amides is 2. The van der Waals surface area contributed by atoms with Gasteiger partial charge in [0.25, 0.3) is 10.0 Å². The Morgan fingerprint density at radius 3 is 2.26 bits per heavy atom. The zero-order valence-corrected chi connectivity index (χ0v) is 25.1. The largest absolute Gasteiger partial charge is 0.497 e. The number of ether oxygens (including phenoxy) is 1. The lowest BCUT2D eigenvalue weighted by Gasteiger charge is -2.33. The molecule has 0 unspecified atom stereocenters. The third kappa shape index (κ3) is 8.06. The fourth-order valence-corrected chi connectivity index (χ4v) is 5.72. The molecule has 0 fully saturated rings. The fourth-order valence-electron chi connectivity index (χ4n) is 3.90. The second-order valence-electron chi connectivity index (χ2n) is 10.1. The molecule has 0 radical (unpaired) electrons. The van der Waals surface area contributed by atoms with Crippen LogP contribution in [-0.4, -0.2) is 50.4 Å². The molecule has 0 heterocycles. The normalized spacial score (nSPS) is 12.4. The maximum Gasteiger partial charge on any atom is 0.264 e. The summed E-state index contributed by atoms with van der Waals surface area (Å²) < 4.78 is 34.6. The predicted molar refractivity (Wildman–Crippen MR) is 156 cm³/mol. The number of hydrogen-bond acceptors (Lipinski definition) is 5. The first-order valence-electron chi connectivity index (χ1n) is 12.4. The number of nitrogens with one attached hydrogen (secondary N) is 1. The van der Waals surface area contributed by atoms with E-state index in [1.165, 1.54) is 17.0 Å². The van der Waals surface area contributed by atoms with Gasteiger partial charge in [-0.1, -0.05) is 52.3 Å². The Morgan fingerprint density at radius 2 is 1.64 bits per heavy atom. The first-order chi connectivity index (χ1) is 18.3. The van der Waals surface area contributed by atoms with Crippen LogP contribution in [-0.2, 0) is 26.2 Å². The average molecular weight is 617 g/mol. The van der Waals surface area contributed by atoms with E-state index in [9.17, 15) is 18.0 Å². The molecule has 1 atom stereocenters. The minimum absolute atomic E-state index is 0.0515. The van der Waals surface area contributed by atoms with Gasteiger partial charge in [-0.15, -0.1) is 0 Å². The third-order valence-electron chi connectivity index (χ3n) is 5.86. The number of carbonyl (C=O) groups is 2. The number of anilines is 1. The maximum atomic E-state index is 14.0. The molecule has 0 bridgehead atoms. The number of sulfonamides is 1. The number of rotatable bonds is 10. The smallest absolute Gasteiger partial charge is 0.264 e. The molecule has 3 aromatic rings. The van der Waals surface area contributed by atoms with E-state index in [0.717, 1.165) is 9.87 Å². The molecule has 0 aromatic heterocycles. The number of benzene rings is 3. The van der Waals surface area contributed by atoms with E-state index in [1.54, 1.807) is 74.7 Å². The molecule has 0 aliphatic heterocycles. The minimum atomic E-state index is -4.11. The maximum absolute atomic E-state index is 14.0. The van der Waals surface area contributed by atoms with Gasteiger partial charge in [-0.25, -0.2) is 8.42 Å². The van der Waals surface area contributed by atoms with Crippen LogP contribution in [0, 0.1) is 0 Å². The molecule has 3 rings (SSSR count). The summed E-state index contributed by atoms with van der Waals surface area (Å²) in [7, 11) is -2.57. The Balaban J connectivity index is 2.04. The molecule has 39 heavy (non-hydrogen) atoms. The molecule has 8 nitrogen and oxygen atoms in total. The molecule has 3 aromatic carbocycles. The highest BCUT2D eigenvalue weighted by Gasteiger charge is 2.33. The lowest BCUT2D eigenvalue weighted by atomic mass is 10.1. The van der Waals surface area contributed by atoms with Crippen molar-refractivity contribution in [1.82, 2.24) is 10.2 Å². The molecule has 0 aliphatic carbocycles. The summed E-state index contributed by atoms with van der Waals surface area (Å²) in [6.07, 6.45) is 0. The van der Waals surface area contributed by atoms with Crippen molar-refractivity contribution in [3.05, 3.63) is 88.9 Å². The highest BCUT2D eigenvalue weighted by molar-refractivity contribution is 9.10. The van der Waals surface area contributed by atoms with Gasteiger partial charge in [-0.2, -0.15) is 0 Å². The fraction of sp³-hybridized carbons (Fsp3) is 0.310. The van der Waals surface area contributed by atoms with Gasteiger partial charge in [0, 0.05) is 16.6 Å². The van der Waals surface area contributed by atoms with Crippen LogP contribution in [0.2, 0.25) is 0 Å². The Hall–Kier alpha value is -3.37. The Bertz CT molecular complexity index is 1410. The van der Waals surface area contributed by atoms with Crippen LogP contribution in [0.4, 0.5) is 5.69 Å². The molecule has 0 saturated heterocycles. The number of carbonyl (C=O) groups excluding carboxylic acids is 2. The van der Waals surface area contributed by atoms with Crippen LogP contribution in [0.1, 0.15) is 33.3 Å². The standard InChI is InChI=1S/C29H34BrN3O5S/c1-21(28(35)31-29(2,3)4)32(19-22-11-9-14-25(17-22)38-5)27(34)20-33(24-13-10-12-23(30)18-24)39(36,37)26-15-7-6-8-16-26/h6-18,21H,19-20H2,1-5H3,(H,31,35)/t21-/m1/s1. The van der Waals surface area contributed by atoms with Crippen molar-refractivity contribution in [1.29, 1.82) is 0 Å². The van der Waals surface area contributed by atoms with Crippen molar-refractivity contribution in [2.75, 3.05) is 18.0 Å². The van der Waals surface area contributed by atoms with Crippen LogP contribution >= 0.6 is 15.9 Å². The van der Waals surface area contributed by atoms with Crippen LogP contribution in [0.15, 0.2) is 88.2 Å². The van der Waals surface area contributed by atoms with Gasteiger partial charge < -0.3 is 15.0 Å². The van der Waals surface area contributed by atoms with E-state index in [2.05, 4.69) is 21.2 Å². The van der Waals surface area contributed by atoms with Crippen molar-refractivity contribution < 1.29 is 22.7 Å². The summed E-state index contributed by atoms with van der Waals surface area (Å²) in [6, 6.07) is 21.0. The summed E-state index contributed by atoms with van der Waals surface area (Å²) in [6.45, 7) is 6.76. The molecule has 1 N–H and O–H groups in total. The average Bonchev–Trinajstić information content (AvgIpc) is 2.89. The molecule has 2 amide bonds. The number of nitrogens with zero attached hydrogens (tertiary/aromatic N) is 2. The van der Waals surface area contributed by atoms with Crippen LogP contribution < -0.4 is 14.4 Å². The molecule has 0 aliphatic rings. The highest BCUT2D eigenvalue weighted by Crippen LogP contribution is 2.27. The van der Waals surface area contributed by atoms with E-state index in [4.69, 9.17) is 4.74 Å². The van der Waals surface area contributed by atoms with E-state index >= 15 is 0 Å². The van der Waals surface area contributed by atoms with Gasteiger partial charge >= 0.3 is 0 Å². The predicted octanol–water partition coefficient (Wildman–Crippen LogP) is 4.99.